The van der Waals surface area contributed by atoms with Crippen LogP contribution in [0.1, 0.15) is 18.9 Å². The van der Waals surface area contributed by atoms with E-state index in [1.807, 2.05) is 18.2 Å². The van der Waals surface area contributed by atoms with Crippen molar-refractivity contribution >= 4 is 0 Å². The fourth-order valence-electron chi connectivity index (χ4n) is 1.59. The smallest absolute Gasteiger partial charge is 0.127 e. The number of methoxy groups -OCH3 is 2. The Labute approximate surface area is 109 Å². The number of rotatable bonds is 9. The molecule has 0 spiro atoms. The molecule has 0 bridgehead atoms. The first-order chi connectivity index (χ1) is 8.81. The maximum absolute atomic E-state index is 5.78. The van der Waals surface area contributed by atoms with E-state index in [1.165, 1.54) is 0 Å². The van der Waals surface area contributed by atoms with Crippen LogP contribution in [0.25, 0.3) is 0 Å². The Morgan fingerprint density at radius 2 is 2.00 bits per heavy atom. The lowest BCUT2D eigenvalue weighted by Crippen LogP contribution is -2.13. The fourth-order valence-corrected chi connectivity index (χ4v) is 1.59. The van der Waals surface area contributed by atoms with E-state index in [0.717, 1.165) is 36.6 Å². The van der Waals surface area contributed by atoms with E-state index in [4.69, 9.17) is 14.2 Å². The minimum absolute atomic E-state index is 0.653. The lowest BCUT2D eigenvalue weighted by atomic mass is 10.2. The molecule has 0 aromatic heterocycles. The molecule has 1 N–H and O–H groups in total. The molecule has 102 valence electrons. The second kappa shape index (κ2) is 8.78. The van der Waals surface area contributed by atoms with Crippen LogP contribution in [0, 0.1) is 0 Å². The SMILES string of the molecule is CCNCc1ccc(OC)cc1OCCCOC. The van der Waals surface area contributed by atoms with E-state index in [1.54, 1.807) is 14.2 Å². The summed E-state index contributed by atoms with van der Waals surface area (Å²) in [5.74, 6) is 1.70. The van der Waals surface area contributed by atoms with Gasteiger partial charge in [0.1, 0.15) is 11.5 Å². The summed E-state index contributed by atoms with van der Waals surface area (Å²) in [5, 5.41) is 3.30. The molecule has 1 rings (SSSR count). The molecule has 4 nitrogen and oxygen atoms in total. The third-order valence-electron chi connectivity index (χ3n) is 2.59. The summed E-state index contributed by atoms with van der Waals surface area (Å²) in [6.45, 7) is 5.20. The van der Waals surface area contributed by atoms with Gasteiger partial charge in [-0.1, -0.05) is 13.0 Å². The zero-order valence-corrected chi connectivity index (χ0v) is 11.5. The molecule has 0 aliphatic heterocycles. The fraction of sp³-hybridized carbons (Fsp3) is 0.571. The normalized spacial score (nSPS) is 10.4. The first-order valence-corrected chi connectivity index (χ1v) is 6.31. The van der Waals surface area contributed by atoms with Crippen LogP contribution in [-0.2, 0) is 11.3 Å². The Morgan fingerprint density at radius 1 is 1.17 bits per heavy atom. The highest BCUT2D eigenvalue weighted by Crippen LogP contribution is 2.25. The van der Waals surface area contributed by atoms with Crippen LogP contribution in [0.15, 0.2) is 18.2 Å². The average Bonchev–Trinajstić information content (AvgIpc) is 2.42. The Bertz CT molecular complexity index is 342. The number of benzene rings is 1. The van der Waals surface area contributed by atoms with Crippen molar-refractivity contribution in [2.45, 2.75) is 19.9 Å². The van der Waals surface area contributed by atoms with Gasteiger partial charge in [-0.25, -0.2) is 0 Å². The monoisotopic (exact) mass is 253 g/mol. The second-order valence-electron chi connectivity index (χ2n) is 3.95. The largest absolute Gasteiger partial charge is 0.497 e. The molecule has 18 heavy (non-hydrogen) atoms. The molecule has 0 unspecified atom stereocenters. The van der Waals surface area contributed by atoms with Gasteiger partial charge in [0.05, 0.1) is 13.7 Å². The standard InChI is InChI=1S/C14H23NO3/c1-4-15-11-12-6-7-13(17-3)10-14(12)18-9-5-8-16-2/h6-7,10,15H,4-5,8-9,11H2,1-3H3. The first-order valence-electron chi connectivity index (χ1n) is 6.31. The zero-order valence-electron chi connectivity index (χ0n) is 11.5. The molecule has 1 aromatic rings. The maximum atomic E-state index is 5.78. The van der Waals surface area contributed by atoms with Gasteiger partial charge in [-0.05, 0) is 12.6 Å². The lowest BCUT2D eigenvalue weighted by molar-refractivity contribution is 0.171. The number of ether oxygens (including phenoxy) is 3. The minimum Gasteiger partial charge on any atom is -0.497 e. The molecular formula is C14H23NO3. The van der Waals surface area contributed by atoms with Gasteiger partial charge >= 0.3 is 0 Å². The highest BCUT2D eigenvalue weighted by Gasteiger charge is 2.05. The molecule has 0 heterocycles. The Balaban J connectivity index is 2.63. The van der Waals surface area contributed by atoms with Crippen LogP contribution >= 0.6 is 0 Å². The van der Waals surface area contributed by atoms with Gasteiger partial charge in [0.2, 0.25) is 0 Å². The van der Waals surface area contributed by atoms with Crippen LogP contribution in [0.4, 0.5) is 0 Å². The van der Waals surface area contributed by atoms with Crippen molar-refractivity contribution in [2.75, 3.05) is 34.0 Å². The van der Waals surface area contributed by atoms with E-state index in [9.17, 15) is 0 Å². The minimum atomic E-state index is 0.653. The zero-order chi connectivity index (χ0) is 13.2. The Morgan fingerprint density at radius 3 is 2.67 bits per heavy atom. The second-order valence-corrected chi connectivity index (χ2v) is 3.95. The molecule has 0 saturated heterocycles. The van der Waals surface area contributed by atoms with Crippen molar-refractivity contribution in [2.24, 2.45) is 0 Å². The van der Waals surface area contributed by atoms with Crippen LogP contribution in [-0.4, -0.2) is 34.0 Å². The molecule has 0 saturated carbocycles. The predicted molar refractivity (Wildman–Crippen MR) is 72.4 cm³/mol. The van der Waals surface area contributed by atoms with Crippen LogP contribution in [0.3, 0.4) is 0 Å². The van der Waals surface area contributed by atoms with Gasteiger partial charge in [0.25, 0.3) is 0 Å². The number of hydrogen-bond acceptors (Lipinski definition) is 4. The lowest BCUT2D eigenvalue weighted by Gasteiger charge is -2.13. The summed E-state index contributed by atoms with van der Waals surface area (Å²) in [5.41, 5.74) is 1.15. The highest BCUT2D eigenvalue weighted by molar-refractivity contribution is 5.40. The van der Waals surface area contributed by atoms with Gasteiger partial charge in [-0.15, -0.1) is 0 Å². The topological polar surface area (TPSA) is 39.7 Å². The third kappa shape index (κ3) is 4.94. The van der Waals surface area contributed by atoms with E-state index in [0.29, 0.717) is 13.2 Å². The van der Waals surface area contributed by atoms with Crippen LogP contribution in [0.5, 0.6) is 11.5 Å². The van der Waals surface area contributed by atoms with Crippen molar-refractivity contribution < 1.29 is 14.2 Å². The molecule has 0 aliphatic carbocycles. The van der Waals surface area contributed by atoms with Gasteiger partial charge in [0, 0.05) is 38.3 Å². The molecule has 0 amide bonds. The van der Waals surface area contributed by atoms with Crippen LogP contribution < -0.4 is 14.8 Å². The molecule has 4 heteroatoms. The first kappa shape index (κ1) is 14.8. The van der Waals surface area contributed by atoms with Crippen molar-refractivity contribution in [1.29, 1.82) is 0 Å². The van der Waals surface area contributed by atoms with Crippen molar-refractivity contribution in [1.82, 2.24) is 5.32 Å². The summed E-state index contributed by atoms with van der Waals surface area (Å²) in [4.78, 5) is 0. The predicted octanol–water partition coefficient (Wildman–Crippen LogP) is 2.22. The number of hydrogen-bond donors (Lipinski definition) is 1. The van der Waals surface area contributed by atoms with E-state index >= 15 is 0 Å². The third-order valence-corrected chi connectivity index (χ3v) is 2.59. The summed E-state index contributed by atoms with van der Waals surface area (Å²) in [6.07, 6.45) is 0.883. The average molecular weight is 253 g/mol. The summed E-state index contributed by atoms with van der Waals surface area (Å²) < 4.78 is 16.0. The Kier molecular flexibility index (Phi) is 7.22. The van der Waals surface area contributed by atoms with E-state index in [-0.39, 0.29) is 0 Å². The molecule has 0 fully saturated rings. The Hall–Kier alpha value is -1.26. The van der Waals surface area contributed by atoms with Gasteiger partial charge in [0.15, 0.2) is 0 Å². The molecular weight excluding hydrogens is 230 g/mol. The maximum Gasteiger partial charge on any atom is 0.127 e. The quantitative estimate of drug-likeness (QED) is 0.685. The van der Waals surface area contributed by atoms with Gasteiger partial charge in [-0.3, -0.25) is 0 Å². The van der Waals surface area contributed by atoms with Crippen molar-refractivity contribution in [3.63, 3.8) is 0 Å². The molecule has 0 atom stereocenters. The summed E-state index contributed by atoms with van der Waals surface area (Å²) in [7, 11) is 3.36. The van der Waals surface area contributed by atoms with E-state index < -0.39 is 0 Å². The van der Waals surface area contributed by atoms with Gasteiger partial charge < -0.3 is 19.5 Å². The number of nitrogens with one attached hydrogen (secondary N) is 1. The van der Waals surface area contributed by atoms with Crippen molar-refractivity contribution in [3.8, 4) is 11.5 Å². The van der Waals surface area contributed by atoms with Crippen molar-refractivity contribution in [3.05, 3.63) is 23.8 Å². The molecule has 1 aromatic carbocycles. The molecule has 0 radical (unpaired) electrons. The highest BCUT2D eigenvalue weighted by atomic mass is 16.5. The van der Waals surface area contributed by atoms with Crippen LogP contribution in [0.2, 0.25) is 0 Å². The summed E-state index contributed by atoms with van der Waals surface area (Å²) >= 11 is 0. The van der Waals surface area contributed by atoms with Gasteiger partial charge in [-0.2, -0.15) is 0 Å². The van der Waals surface area contributed by atoms with E-state index in [2.05, 4.69) is 12.2 Å². The summed E-state index contributed by atoms with van der Waals surface area (Å²) in [6, 6.07) is 5.92. The molecule has 0 aliphatic rings.